The number of amides is 1. The van der Waals surface area contributed by atoms with Crippen LogP contribution < -0.4 is 10.6 Å². The first-order chi connectivity index (χ1) is 10.1. The Balaban J connectivity index is 2.05. The highest BCUT2D eigenvalue weighted by atomic mass is 35.5. The van der Waals surface area contributed by atoms with E-state index in [1.54, 1.807) is 36.5 Å². The summed E-state index contributed by atoms with van der Waals surface area (Å²) in [4.78, 5) is 16.2. The maximum atomic E-state index is 12.1. The molecule has 108 valence electrons. The average Bonchev–Trinajstić information content (AvgIpc) is 2.49. The lowest BCUT2D eigenvalue weighted by Crippen LogP contribution is -2.13. The van der Waals surface area contributed by atoms with Gasteiger partial charge in [-0.15, -0.1) is 6.58 Å². The van der Waals surface area contributed by atoms with Gasteiger partial charge in [0.15, 0.2) is 0 Å². The molecule has 0 aliphatic heterocycles. The Morgan fingerprint density at radius 2 is 2.10 bits per heavy atom. The molecule has 21 heavy (non-hydrogen) atoms. The van der Waals surface area contributed by atoms with E-state index in [9.17, 15) is 4.79 Å². The number of carbonyl (C=O) groups excluding carboxylic acids is 1. The van der Waals surface area contributed by atoms with Crippen molar-refractivity contribution in [2.24, 2.45) is 0 Å². The van der Waals surface area contributed by atoms with Crippen LogP contribution in [0.1, 0.15) is 16.1 Å². The molecular formula is C16H16ClN3O. The van der Waals surface area contributed by atoms with Gasteiger partial charge in [-0.3, -0.25) is 4.79 Å². The number of carbonyl (C=O) groups is 1. The zero-order valence-corrected chi connectivity index (χ0v) is 12.4. The lowest BCUT2D eigenvalue weighted by molar-refractivity contribution is 0.102. The number of nitrogens with one attached hydrogen (secondary N) is 2. The average molecular weight is 302 g/mol. The van der Waals surface area contributed by atoms with Gasteiger partial charge in [0.2, 0.25) is 0 Å². The van der Waals surface area contributed by atoms with Crippen LogP contribution in [0.25, 0.3) is 0 Å². The van der Waals surface area contributed by atoms with Crippen molar-refractivity contribution >= 4 is 28.9 Å². The van der Waals surface area contributed by atoms with Gasteiger partial charge in [-0.1, -0.05) is 23.7 Å². The van der Waals surface area contributed by atoms with Gasteiger partial charge < -0.3 is 10.6 Å². The SMILES string of the molecule is C=CCNc1ccc(C(=O)Nc2ccc(C)c(Cl)c2)nc1. The second-order valence-electron chi connectivity index (χ2n) is 4.52. The Morgan fingerprint density at radius 1 is 1.33 bits per heavy atom. The van der Waals surface area contributed by atoms with Gasteiger partial charge in [0, 0.05) is 17.3 Å². The third kappa shape index (κ3) is 4.07. The molecule has 2 N–H and O–H groups in total. The molecule has 1 aromatic heterocycles. The lowest BCUT2D eigenvalue weighted by atomic mass is 10.2. The van der Waals surface area contributed by atoms with Crippen LogP contribution in [-0.4, -0.2) is 17.4 Å². The zero-order chi connectivity index (χ0) is 15.2. The Morgan fingerprint density at radius 3 is 2.71 bits per heavy atom. The fourth-order valence-electron chi connectivity index (χ4n) is 1.69. The minimum Gasteiger partial charge on any atom is -0.380 e. The van der Waals surface area contributed by atoms with E-state index in [0.717, 1.165) is 11.3 Å². The number of benzene rings is 1. The standard InChI is InChI=1S/C16H16ClN3O/c1-3-8-18-13-6-7-15(19-10-13)16(21)20-12-5-4-11(2)14(17)9-12/h3-7,9-10,18H,1,8H2,2H3,(H,20,21). The summed E-state index contributed by atoms with van der Waals surface area (Å²) in [6.07, 6.45) is 3.36. The lowest BCUT2D eigenvalue weighted by Gasteiger charge is -2.07. The third-order valence-electron chi connectivity index (χ3n) is 2.88. The quantitative estimate of drug-likeness (QED) is 0.824. The molecule has 0 unspecified atom stereocenters. The van der Waals surface area contributed by atoms with E-state index in [-0.39, 0.29) is 5.91 Å². The molecule has 1 aromatic carbocycles. The summed E-state index contributed by atoms with van der Waals surface area (Å²) < 4.78 is 0. The molecule has 1 heterocycles. The van der Waals surface area contributed by atoms with Crippen molar-refractivity contribution in [3.63, 3.8) is 0 Å². The summed E-state index contributed by atoms with van der Waals surface area (Å²) in [5.41, 5.74) is 2.79. The van der Waals surface area contributed by atoms with Crippen molar-refractivity contribution in [3.05, 3.63) is 65.5 Å². The topological polar surface area (TPSA) is 54.0 Å². The van der Waals surface area contributed by atoms with Crippen molar-refractivity contribution in [2.75, 3.05) is 17.2 Å². The summed E-state index contributed by atoms with van der Waals surface area (Å²) in [6, 6.07) is 8.84. The molecule has 0 spiro atoms. The first kappa shape index (κ1) is 15.1. The molecule has 0 bridgehead atoms. The van der Waals surface area contributed by atoms with Crippen molar-refractivity contribution in [2.45, 2.75) is 6.92 Å². The minimum absolute atomic E-state index is 0.273. The monoisotopic (exact) mass is 301 g/mol. The van der Waals surface area contributed by atoms with Crippen LogP contribution in [0.4, 0.5) is 11.4 Å². The maximum absolute atomic E-state index is 12.1. The minimum atomic E-state index is -0.273. The molecular weight excluding hydrogens is 286 g/mol. The zero-order valence-electron chi connectivity index (χ0n) is 11.7. The molecule has 5 heteroatoms. The van der Waals surface area contributed by atoms with Gasteiger partial charge in [-0.05, 0) is 36.8 Å². The molecule has 0 radical (unpaired) electrons. The molecule has 0 atom stereocenters. The highest BCUT2D eigenvalue weighted by molar-refractivity contribution is 6.31. The normalized spacial score (nSPS) is 10.0. The Bertz CT molecular complexity index is 653. The van der Waals surface area contributed by atoms with Gasteiger partial charge >= 0.3 is 0 Å². The van der Waals surface area contributed by atoms with Gasteiger partial charge in [0.1, 0.15) is 5.69 Å². The van der Waals surface area contributed by atoms with Crippen LogP contribution >= 0.6 is 11.6 Å². The first-order valence-electron chi connectivity index (χ1n) is 6.48. The highest BCUT2D eigenvalue weighted by Crippen LogP contribution is 2.20. The van der Waals surface area contributed by atoms with Crippen LogP contribution in [0.5, 0.6) is 0 Å². The molecule has 2 aromatic rings. The second kappa shape index (κ2) is 6.90. The van der Waals surface area contributed by atoms with E-state index in [0.29, 0.717) is 22.9 Å². The molecule has 2 rings (SSSR count). The van der Waals surface area contributed by atoms with Crippen molar-refractivity contribution in [1.29, 1.82) is 0 Å². The van der Waals surface area contributed by atoms with E-state index in [1.165, 1.54) is 0 Å². The summed E-state index contributed by atoms with van der Waals surface area (Å²) in [5.74, 6) is -0.273. The van der Waals surface area contributed by atoms with E-state index in [4.69, 9.17) is 11.6 Å². The number of hydrogen-bond acceptors (Lipinski definition) is 3. The van der Waals surface area contributed by atoms with E-state index >= 15 is 0 Å². The predicted octanol–water partition coefficient (Wildman–Crippen LogP) is 3.89. The molecule has 1 amide bonds. The number of nitrogens with zero attached hydrogens (tertiary/aromatic N) is 1. The number of hydrogen-bond donors (Lipinski definition) is 2. The third-order valence-corrected chi connectivity index (χ3v) is 3.28. The maximum Gasteiger partial charge on any atom is 0.274 e. The predicted molar refractivity (Wildman–Crippen MR) is 87.1 cm³/mol. The van der Waals surface area contributed by atoms with Crippen molar-refractivity contribution < 1.29 is 4.79 Å². The summed E-state index contributed by atoms with van der Waals surface area (Å²) in [5, 5.41) is 6.48. The molecule has 0 aliphatic carbocycles. The second-order valence-corrected chi connectivity index (χ2v) is 4.93. The number of rotatable bonds is 5. The van der Waals surface area contributed by atoms with Crippen LogP contribution in [0, 0.1) is 6.92 Å². The Labute approximate surface area is 128 Å². The van der Waals surface area contributed by atoms with Gasteiger partial charge in [0.05, 0.1) is 11.9 Å². The Hall–Kier alpha value is -2.33. The molecule has 0 saturated carbocycles. The van der Waals surface area contributed by atoms with Gasteiger partial charge in [-0.25, -0.2) is 4.98 Å². The fraction of sp³-hybridized carbons (Fsp3) is 0.125. The van der Waals surface area contributed by atoms with E-state index < -0.39 is 0 Å². The Kier molecular flexibility index (Phi) is 4.95. The van der Waals surface area contributed by atoms with Crippen LogP contribution in [0.3, 0.4) is 0 Å². The number of pyridine rings is 1. The number of halogens is 1. The molecule has 0 aliphatic rings. The smallest absolute Gasteiger partial charge is 0.274 e. The van der Waals surface area contributed by atoms with Gasteiger partial charge in [-0.2, -0.15) is 0 Å². The largest absolute Gasteiger partial charge is 0.380 e. The van der Waals surface area contributed by atoms with Crippen LogP contribution in [0.2, 0.25) is 5.02 Å². The number of aromatic nitrogens is 1. The van der Waals surface area contributed by atoms with Crippen molar-refractivity contribution in [1.82, 2.24) is 4.98 Å². The van der Waals surface area contributed by atoms with E-state index in [2.05, 4.69) is 22.2 Å². The summed E-state index contributed by atoms with van der Waals surface area (Å²) in [7, 11) is 0. The van der Waals surface area contributed by atoms with E-state index in [1.807, 2.05) is 13.0 Å². The van der Waals surface area contributed by atoms with Crippen molar-refractivity contribution in [3.8, 4) is 0 Å². The molecule has 4 nitrogen and oxygen atoms in total. The highest BCUT2D eigenvalue weighted by Gasteiger charge is 2.08. The first-order valence-corrected chi connectivity index (χ1v) is 6.86. The molecule has 0 fully saturated rings. The van der Waals surface area contributed by atoms with Crippen LogP contribution in [0.15, 0.2) is 49.2 Å². The number of anilines is 2. The summed E-state index contributed by atoms with van der Waals surface area (Å²) in [6.45, 7) is 6.18. The number of aryl methyl sites for hydroxylation is 1. The summed E-state index contributed by atoms with van der Waals surface area (Å²) >= 11 is 6.03. The van der Waals surface area contributed by atoms with Crippen LogP contribution in [-0.2, 0) is 0 Å². The fourth-order valence-corrected chi connectivity index (χ4v) is 1.87. The van der Waals surface area contributed by atoms with Gasteiger partial charge in [0.25, 0.3) is 5.91 Å². The molecule has 0 saturated heterocycles.